The number of nitrogens with zero attached hydrogens (tertiary/aromatic N) is 3. The third-order valence-electron chi connectivity index (χ3n) is 3.99. The van der Waals surface area contributed by atoms with Gasteiger partial charge in [-0.1, -0.05) is 0 Å². The van der Waals surface area contributed by atoms with Crippen molar-refractivity contribution in [3.05, 3.63) is 33.9 Å². The van der Waals surface area contributed by atoms with E-state index in [1.807, 2.05) is 0 Å². The summed E-state index contributed by atoms with van der Waals surface area (Å²) in [7, 11) is 5.16. The van der Waals surface area contributed by atoms with Crippen molar-refractivity contribution in [2.45, 2.75) is 6.42 Å². The molecule has 1 fully saturated rings. The molecule has 120 valence electrons. The lowest BCUT2D eigenvalue weighted by Gasteiger charge is -2.21. The average molecular weight is 307 g/mol. The van der Waals surface area contributed by atoms with Crippen molar-refractivity contribution in [3.63, 3.8) is 0 Å². The number of likely N-dealkylation sites (tertiary alicyclic amines) is 1. The molecular weight excluding hydrogens is 286 g/mol. The van der Waals surface area contributed by atoms with Gasteiger partial charge in [-0.25, -0.2) is 0 Å². The van der Waals surface area contributed by atoms with Gasteiger partial charge in [0.1, 0.15) is 0 Å². The van der Waals surface area contributed by atoms with E-state index in [4.69, 9.17) is 4.74 Å². The van der Waals surface area contributed by atoms with Crippen LogP contribution in [0.15, 0.2) is 18.2 Å². The van der Waals surface area contributed by atoms with Crippen LogP contribution in [0.4, 0.5) is 5.69 Å². The van der Waals surface area contributed by atoms with Crippen molar-refractivity contribution in [3.8, 4) is 5.75 Å². The van der Waals surface area contributed by atoms with Gasteiger partial charge in [-0.2, -0.15) is 0 Å². The zero-order valence-electron chi connectivity index (χ0n) is 13.1. The van der Waals surface area contributed by atoms with Gasteiger partial charge in [0.15, 0.2) is 5.75 Å². The predicted octanol–water partition coefficient (Wildman–Crippen LogP) is 1.63. The van der Waals surface area contributed by atoms with Crippen LogP contribution >= 0.6 is 0 Å². The number of carbonyl (C=O) groups excluding carboxylic acids is 1. The Morgan fingerprint density at radius 1 is 1.55 bits per heavy atom. The van der Waals surface area contributed by atoms with Gasteiger partial charge in [0, 0.05) is 31.8 Å². The lowest BCUT2D eigenvalue weighted by molar-refractivity contribution is -0.385. The number of rotatable bonds is 5. The number of nitro groups is 1. The molecule has 0 N–H and O–H groups in total. The number of hydrogen-bond acceptors (Lipinski definition) is 5. The first-order valence-corrected chi connectivity index (χ1v) is 7.18. The Kier molecular flexibility index (Phi) is 4.97. The van der Waals surface area contributed by atoms with E-state index in [0.29, 0.717) is 18.0 Å². The van der Waals surface area contributed by atoms with Crippen LogP contribution in [0.1, 0.15) is 16.8 Å². The maximum Gasteiger partial charge on any atom is 0.311 e. The van der Waals surface area contributed by atoms with E-state index in [-0.39, 0.29) is 17.3 Å². The molecule has 1 saturated heterocycles. The third kappa shape index (κ3) is 3.54. The standard InChI is InChI=1S/C15H21N3O4/c1-16-7-6-11(9-16)10-17(2)15(19)12-4-5-14(22-3)13(8-12)18(20)21/h4-5,8,11H,6-7,9-10H2,1-3H3. The van der Waals surface area contributed by atoms with E-state index < -0.39 is 4.92 Å². The number of nitro benzene ring substituents is 1. The molecule has 7 nitrogen and oxygen atoms in total. The lowest BCUT2D eigenvalue weighted by atomic mass is 10.1. The highest BCUT2D eigenvalue weighted by Gasteiger charge is 2.24. The zero-order valence-corrected chi connectivity index (χ0v) is 13.1. The largest absolute Gasteiger partial charge is 0.490 e. The van der Waals surface area contributed by atoms with E-state index in [1.54, 1.807) is 18.0 Å². The molecule has 1 atom stereocenters. The minimum Gasteiger partial charge on any atom is -0.490 e. The van der Waals surface area contributed by atoms with Crippen LogP contribution in [0.2, 0.25) is 0 Å². The minimum absolute atomic E-state index is 0.154. The molecule has 1 amide bonds. The molecule has 22 heavy (non-hydrogen) atoms. The van der Waals surface area contributed by atoms with E-state index in [1.165, 1.54) is 19.2 Å². The second-order valence-electron chi connectivity index (χ2n) is 5.75. The fourth-order valence-electron chi connectivity index (χ4n) is 2.83. The number of methoxy groups -OCH3 is 1. The topological polar surface area (TPSA) is 75.9 Å². The van der Waals surface area contributed by atoms with Gasteiger partial charge in [-0.3, -0.25) is 14.9 Å². The normalized spacial score (nSPS) is 18.2. The summed E-state index contributed by atoms with van der Waals surface area (Å²) in [5.74, 6) is 0.397. The second-order valence-corrected chi connectivity index (χ2v) is 5.75. The Balaban J connectivity index is 2.11. The van der Waals surface area contributed by atoms with Crippen molar-refractivity contribution < 1.29 is 14.5 Å². The molecule has 0 saturated carbocycles. The Morgan fingerprint density at radius 2 is 2.27 bits per heavy atom. The predicted molar refractivity (Wildman–Crippen MR) is 82.2 cm³/mol. The van der Waals surface area contributed by atoms with Crippen LogP contribution in [0, 0.1) is 16.0 Å². The molecule has 2 rings (SSSR count). The first kappa shape index (κ1) is 16.2. The molecule has 0 aromatic heterocycles. The van der Waals surface area contributed by atoms with Gasteiger partial charge >= 0.3 is 5.69 Å². The van der Waals surface area contributed by atoms with E-state index in [9.17, 15) is 14.9 Å². The fourth-order valence-corrected chi connectivity index (χ4v) is 2.83. The summed E-state index contributed by atoms with van der Waals surface area (Å²) in [5.41, 5.74) is 0.115. The van der Waals surface area contributed by atoms with Gasteiger partial charge in [-0.15, -0.1) is 0 Å². The van der Waals surface area contributed by atoms with Crippen LogP contribution in [0.3, 0.4) is 0 Å². The number of carbonyl (C=O) groups is 1. The molecule has 7 heteroatoms. The first-order chi connectivity index (χ1) is 10.4. The molecule has 1 heterocycles. The van der Waals surface area contributed by atoms with Crippen LogP contribution < -0.4 is 4.74 Å². The van der Waals surface area contributed by atoms with Gasteiger partial charge < -0.3 is 14.5 Å². The second kappa shape index (κ2) is 6.74. The van der Waals surface area contributed by atoms with Gasteiger partial charge in [0.05, 0.1) is 12.0 Å². The molecule has 0 spiro atoms. The van der Waals surface area contributed by atoms with E-state index in [0.717, 1.165) is 19.5 Å². The monoisotopic (exact) mass is 307 g/mol. The quantitative estimate of drug-likeness (QED) is 0.610. The van der Waals surface area contributed by atoms with Crippen LogP contribution in [-0.4, -0.2) is 61.5 Å². The molecule has 1 aliphatic rings. The molecule has 1 aromatic rings. The summed E-state index contributed by atoms with van der Waals surface area (Å²) >= 11 is 0. The smallest absolute Gasteiger partial charge is 0.311 e. The SMILES string of the molecule is COc1ccc(C(=O)N(C)CC2CCN(C)C2)cc1[N+](=O)[O-]. The van der Waals surface area contributed by atoms with Crippen LogP contribution in [0.5, 0.6) is 5.75 Å². The number of amides is 1. The highest BCUT2D eigenvalue weighted by atomic mass is 16.6. The number of hydrogen-bond donors (Lipinski definition) is 0. The van der Waals surface area contributed by atoms with E-state index in [2.05, 4.69) is 11.9 Å². The molecule has 0 aliphatic carbocycles. The third-order valence-corrected chi connectivity index (χ3v) is 3.99. The van der Waals surface area contributed by atoms with Crippen molar-refractivity contribution in [2.24, 2.45) is 5.92 Å². The summed E-state index contributed by atoms with van der Waals surface area (Å²) in [5, 5.41) is 11.0. The summed E-state index contributed by atoms with van der Waals surface area (Å²) in [6.07, 6.45) is 1.07. The Hall–Kier alpha value is -2.15. The lowest BCUT2D eigenvalue weighted by Crippen LogP contribution is -2.32. The zero-order chi connectivity index (χ0) is 16.3. The Labute approximate surface area is 129 Å². The first-order valence-electron chi connectivity index (χ1n) is 7.18. The maximum atomic E-state index is 12.4. The summed E-state index contributed by atoms with van der Waals surface area (Å²) < 4.78 is 4.95. The Bertz CT molecular complexity index is 576. The van der Waals surface area contributed by atoms with E-state index >= 15 is 0 Å². The highest BCUT2D eigenvalue weighted by Crippen LogP contribution is 2.28. The summed E-state index contributed by atoms with van der Waals surface area (Å²) in [4.78, 5) is 26.8. The molecule has 0 radical (unpaired) electrons. The van der Waals surface area contributed by atoms with Crippen LogP contribution in [0.25, 0.3) is 0 Å². The minimum atomic E-state index is -0.540. The Morgan fingerprint density at radius 3 is 2.82 bits per heavy atom. The van der Waals surface area contributed by atoms with Gasteiger partial charge in [0.2, 0.25) is 0 Å². The molecule has 1 aromatic carbocycles. The fraction of sp³-hybridized carbons (Fsp3) is 0.533. The summed E-state index contributed by atoms with van der Waals surface area (Å²) in [6, 6.07) is 4.30. The van der Waals surface area contributed by atoms with Gasteiger partial charge in [0.25, 0.3) is 5.91 Å². The average Bonchev–Trinajstić information content (AvgIpc) is 2.90. The number of benzene rings is 1. The number of ether oxygens (including phenoxy) is 1. The molecule has 0 bridgehead atoms. The van der Waals surface area contributed by atoms with Crippen molar-refractivity contribution in [2.75, 3.05) is 40.8 Å². The summed E-state index contributed by atoms with van der Waals surface area (Å²) in [6.45, 7) is 2.67. The van der Waals surface area contributed by atoms with Crippen LogP contribution in [-0.2, 0) is 0 Å². The van der Waals surface area contributed by atoms with Crippen molar-refractivity contribution in [1.29, 1.82) is 0 Å². The molecule has 1 unspecified atom stereocenters. The highest BCUT2D eigenvalue weighted by molar-refractivity contribution is 5.95. The maximum absolute atomic E-state index is 12.4. The molecular formula is C15H21N3O4. The van der Waals surface area contributed by atoms with Crippen molar-refractivity contribution in [1.82, 2.24) is 9.80 Å². The van der Waals surface area contributed by atoms with Crippen molar-refractivity contribution >= 4 is 11.6 Å². The van der Waals surface area contributed by atoms with Gasteiger partial charge in [-0.05, 0) is 38.1 Å². The molecule has 1 aliphatic heterocycles.